The smallest absolute Gasteiger partial charge is 0.196 e. The highest BCUT2D eigenvalue weighted by Gasteiger charge is 2.19. The van der Waals surface area contributed by atoms with Gasteiger partial charge in [-0.2, -0.15) is 0 Å². The molecule has 0 spiro atoms. The van der Waals surface area contributed by atoms with Crippen molar-refractivity contribution in [2.24, 2.45) is 0 Å². The lowest BCUT2D eigenvalue weighted by Crippen LogP contribution is -2.05. The summed E-state index contributed by atoms with van der Waals surface area (Å²) in [7, 11) is 0. The van der Waals surface area contributed by atoms with Crippen molar-refractivity contribution in [3.8, 4) is 5.69 Å². The molecule has 0 unspecified atom stereocenters. The number of nitrogens with zero attached hydrogens (tertiary/aromatic N) is 2. The lowest BCUT2D eigenvalue weighted by Gasteiger charge is -2.09. The van der Waals surface area contributed by atoms with Crippen LogP contribution in [0.25, 0.3) is 16.7 Å². The minimum atomic E-state index is -1.59. The number of rotatable bonds is 2. The summed E-state index contributed by atoms with van der Waals surface area (Å²) in [4.78, 5) is 4.07. The summed E-state index contributed by atoms with van der Waals surface area (Å²) in [6, 6.07) is 5.57. The number of aromatic nitrogens is 2. The lowest BCUT2D eigenvalue weighted by molar-refractivity contribution is 0.444. The third-order valence-electron chi connectivity index (χ3n) is 3.06. The van der Waals surface area contributed by atoms with Crippen molar-refractivity contribution >= 4 is 22.6 Å². The number of hydrogen-bond donors (Lipinski definition) is 0. The predicted molar refractivity (Wildman–Crippen MR) is 70.5 cm³/mol. The van der Waals surface area contributed by atoms with Gasteiger partial charge in [-0.05, 0) is 24.3 Å². The second-order valence-electron chi connectivity index (χ2n) is 4.32. The Kier molecular flexibility index (Phi) is 3.33. The third kappa shape index (κ3) is 2.15. The highest BCUT2D eigenvalue weighted by molar-refractivity contribution is 6.17. The molecule has 0 aliphatic heterocycles. The van der Waals surface area contributed by atoms with Gasteiger partial charge in [-0.3, -0.25) is 4.57 Å². The first-order valence-electron chi connectivity index (χ1n) is 5.89. The fourth-order valence-corrected chi connectivity index (χ4v) is 2.33. The number of alkyl halides is 1. The SMILES string of the molecule is Fc1ccc2c(c1)nc(CCl)n2-c1ccc(F)c(F)c1F. The number of fused-ring (bicyclic) bond motifs is 1. The molecule has 0 fully saturated rings. The first kappa shape index (κ1) is 13.9. The first-order valence-corrected chi connectivity index (χ1v) is 6.43. The topological polar surface area (TPSA) is 17.8 Å². The Labute approximate surface area is 121 Å². The Hall–Kier alpha value is -2.08. The van der Waals surface area contributed by atoms with Crippen LogP contribution in [0.3, 0.4) is 0 Å². The minimum Gasteiger partial charge on any atom is -0.292 e. The zero-order valence-electron chi connectivity index (χ0n) is 10.4. The Bertz CT molecular complexity index is 845. The molecule has 7 heteroatoms. The molecule has 3 rings (SSSR count). The molecule has 108 valence electrons. The fraction of sp³-hybridized carbons (Fsp3) is 0.0714. The molecule has 0 bridgehead atoms. The van der Waals surface area contributed by atoms with E-state index in [0.717, 1.165) is 24.3 Å². The van der Waals surface area contributed by atoms with E-state index in [2.05, 4.69) is 4.98 Å². The molecule has 21 heavy (non-hydrogen) atoms. The Morgan fingerprint density at radius 2 is 1.76 bits per heavy atom. The van der Waals surface area contributed by atoms with Gasteiger partial charge in [0.25, 0.3) is 0 Å². The highest BCUT2D eigenvalue weighted by Crippen LogP contribution is 2.26. The summed E-state index contributed by atoms with van der Waals surface area (Å²) in [5, 5.41) is 0. The van der Waals surface area contributed by atoms with E-state index >= 15 is 0 Å². The first-order chi connectivity index (χ1) is 10.0. The van der Waals surface area contributed by atoms with Crippen molar-refractivity contribution in [3.05, 3.63) is 59.4 Å². The van der Waals surface area contributed by atoms with Crippen LogP contribution in [0.1, 0.15) is 5.82 Å². The number of benzene rings is 2. The average molecular weight is 315 g/mol. The molecule has 1 heterocycles. The average Bonchev–Trinajstić information content (AvgIpc) is 2.82. The summed E-state index contributed by atoms with van der Waals surface area (Å²) >= 11 is 5.75. The van der Waals surface area contributed by atoms with Crippen LogP contribution in [-0.2, 0) is 5.88 Å². The van der Waals surface area contributed by atoms with E-state index in [1.807, 2.05) is 0 Å². The van der Waals surface area contributed by atoms with E-state index in [1.165, 1.54) is 10.6 Å². The Morgan fingerprint density at radius 3 is 2.48 bits per heavy atom. The highest BCUT2D eigenvalue weighted by atomic mass is 35.5. The number of hydrogen-bond acceptors (Lipinski definition) is 1. The van der Waals surface area contributed by atoms with Crippen molar-refractivity contribution in [2.75, 3.05) is 0 Å². The van der Waals surface area contributed by atoms with Crippen LogP contribution in [0.2, 0.25) is 0 Å². The number of halogens is 5. The van der Waals surface area contributed by atoms with Crippen LogP contribution >= 0.6 is 11.6 Å². The fourth-order valence-electron chi connectivity index (χ4n) is 2.15. The van der Waals surface area contributed by atoms with Crippen molar-refractivity contribution in [1.29, 1.82) is 0 Å². The van der Waals surface area contributed by atoms with Gasteiger partial charge in [-0.15, -0.1) is 11.6 Å². The molecular weight excluding hydrogens is 308 g/mol. The zero-order chi connectivity index (χ0) is 15.1. The molecule has 0 saturated heterocycles. The molecule has 2 aromatic carbocycles. The van der Waals surface area contributed by atoms with Gasteiger partial charge in [-0.25, -0.2) is 22.5 Å². The van der Waals surface area contributed by atoms with E-state index in [0.29, 0.717) is 5.52 Å². The van der Waals surface area contributed by atoms with Crippen molar-refractivity contribution < 1.29 is 17.6 Å². The predicted octanol–water partition coefficient (Wildman–Crippen LogP) is 4.32. The van der Waals surface area contributed by atoms with E-state index in [1.54, 1.807) is 0 Å². The molecule has 0 saturated carbocycles. The van der Waals surface area contributed by atoms with Gasteiger partial charge in [-0.1, -0.05) is 0 Å². The summed E-state index contributed by atoms with van der Waals surface area (Å²) in [6.45, 7) is 0. The van der Waals surface area contributed by atoms with Crippen molar-refractivity contribution in [2.45, 2.75) is 5.88 Å². The molecule has 2 nitrogen and oxygen atoms in total. The molecule has 0 amide bonds. The Morgan fingerprint density at radius 1 is 1.00 bits per heavy atom. The zero-order valence-corrected chi connectivity index (χ0v) is 11.1. The summed E-state index contributed by atoms with van der Waals surface area (Å²) in [5.41, 5.74) is 0.352. The van der Waals surface area contributed by atoms with Crippen LogP contribution in [-0.4, -0.2) is 9.55 Å². The lowest BCUT2D eigenvalue weighted by atomic mass is 10.2. The van der Waals surface area contributed by atoms with Crippen LogP contribution < -0.4 is 0 Å². The normalized spacial score (nSPS) is 11.3. The minimum absolute atomic E-state index is 0.102. The molecule has 0 radical (unpaired) electrons. The van der Waals surface area contributed by atoms with Gasteiger partial charge in [0.05, 0.1) is 22.6 Å². The second kappa shape index (κ2) is 5.04. The second-order valence-corrected chi connectivity index (χ2v) is 4.59. The van der Waals surface area contributed by atoms with E-state index in [4.69, 9.17) is 11.6 Å². The maximum atomic E-state index is 14.0. The van der Waals surface area contributed by atoms with Crippen molar-refractivity contribution in [3.63, 3.8) is 0 Å². The van der Waals surface area contributed by atoms with Gasteiger partial charge in [0, 0.05) is 6.07 Å². The van der Waals surface area contributed by atoms with E-state index in [-0.39, 0.29) is 22.9 Å². The van der Waals surface area contributed by atoms with Crippen LogP contribution in [0.5, 0.6) is 0 Å². The number of imidazole rings is 1. The quantitative estimate of drug-likeness (QED) is 0.391. The summed E-state index contributed by atoms with van der Waals surface area (Å²) in [6.07, 6.45) is 0. The van der Waals surface area contributed by atoms with E-state index in [9.17, 15) is 17.6 Å². The monoisotopic (exact) mass is 314 g/mol. The molecule has 0 atom stereocenters. The van der Waals surface area contributed by atoms with Crippen LogP contribution in [0.4, 0.5) is 17.6 Å². The summed E-state index contributed by atoms with van der Waals surface area (Å²) in [5.74, 6) is -4.66. The largest absolute Gasteiger partial charge is 0.292 e. The van der Waals surface area contributed by atoms with E-state index < -0.39 is 23.3 Å². The Balaban J connectivity index is 2.36. The molecule has 3 aromatic rings. The molecule has 0 aliphatic rings. The van der Waals surface area contributed by atoms with Gasteiger partial charge in [0.1, 0.15) is 11.6 Å². The third-order valence-corrected chi connectivity index (χ3v) is 3.30. The maximum absolute atomic E-state index is 14.0. The standard InChI is InChI=1S/C14H7ClF4N2/c15-6-12-20-9-5-7(16)1-3-10(9)21(12)11-4-2-8(17)13(18)14(11)19/h1-5H,6H2. The van der Waals surface area contributed by atoms with Crippen molar-refractivity contribution in [1.82, 2.24) is 9.55 Å². The van der Waals surface area contributed by atoms with Gasteiger partial charge in [0.2, 0.25) is 0 Å². The molecular formula is C14H7ClF4N2. The maximum Gasteiger partial charge on any atom is 0.196 e. The molecule has 0 N–H and O–H groups in total. The van der Waals surface area contributed by atoms with Crippen LogP contribution in [0, 0.1) is 23.3 Å². The van der Waals surface area contributed by atoms with Crippen LogP contribution in [0.15, 0.2) is 30.3 Å². The van der Waals surface area contributed by atoms with Gasteiger partial charge < -0.3 is 0 Å². The summed E-state index contributed by atoms with van der Waals surface area (Å²) < 4.78 is 54.9. The van der Waals surface area contributed by atoms with Gasteiger partial charge in [0.15, 0.2) is 17.5 Å². The molecule has 1 aromatic heterocycles. The molecule has 0 aliphatic carbocycles. The van der Waals surface area contributed by atoms with Gasteiger partial charge >= 0.3 is 0 Å².